The summed E-state index contributed by atoms with van der Waals surface area (Å²) in [6, 6.07) is 4.13. The average molecular weight is 392 g/mol. The van der Waals surface area contributed by atoms with E-state index in [0.717, 1.165) is 49.1 Å². The van der Waals surface area contributed by atoms with Crippen molar-refractivity contribution in [1.29, 1.82) is 0 Å². The number of hydrogen-bond acceptors (Lipinski definition) is 4. The highest BCUT2D eigenvalue weighted by Crippen LogP contribution is 2.43. The monoisotopic (exact) mass is 392 g/mol. The Morgan fingerprint density at radius 2 is 2.10 bits per heavy atom. The van der Waals surface area contributed by atoms with Gasteiger partial charge in [-0.1, -0.05) is 0 Å². The largest absolute Gasteiger partial charge is 0.345 e. The number of aromatic nitrogens is 4. The predicted octanol–water partition coefficient (Wildman–Crippen LogP) is 2.71. The van der Waals surface area contributed by atoms with E-state index in [1.165, 1.54) is 5.69 Å². The lowest BCUT2D eigenvalue weighted by Crippen LogP contribution is -2.40. The lowest BCUT2D eigenvalue weighted by atomic mass is 9.82. The number of aryl methyl sites for hydroxylation is 1. The molecule has 1 atom stereocenters. The first kappa shape index (κ1) is 17.9. The summed E-state index contributed by atoms with van der Waals surface area (Å²) in [7, 11) is 0. The van der Waals surface area contributed by atoms with Crippen LogP contribution in [0.3, 0.4) is 0 Å². The molecule has 2 amide bonds. The number of carbonyl (C=O) groups is 2. The van der Waals surface area contributed by atoms with Gasteiger partial charge in [-0.05, 0) is 38.8 Å². The Morgan fingerprint density at radius 3 is 2.90 bits per heavy atom. The predicted molar refractivity (Wildman–Crippen MR) is 109 cm³/mol. The number of fused-ring (bicyclic) bond motifs is 3. The van der Waals surface area contributed by atoms with E-state index in [-0.39, 0.29) is 17.2 Å². The van der Waals surface area contributed by atoms with Crippen molar-refractivity contribution in [3.8, 4) is 11.3 Å². The number of pyridine rings is 1. The first-order valence-electron chi connectivity index (χ1n) is 10.1. The van der Waals surface area contributed by atoms with Crippen molar-refractivity contribution in [2.45, 2.75) is 38.6 Å². The maximum atomic E-state index is 12.3. The second kappa shape index (κ2) is 6.43. The van der Waals surface area contributed by atoms with Crippen molar-refractivity contribution >= 4 is 22.8 Å². The molecule has 2 N–H and O–H groups in total. The summed E-state index contributed by atoms with van der Waals surface area (Å²) in [4.78, 5) is 33.6. The molecular formula is C21H24N6O2. The number of nitrogens with one attached hydrogen (secondary N) is 2. The molecule has 0 aliphatic carbocycles. The Kier molecular flexibility index (Phi) is 3.97. The molecular weight excluding hydrogens is 368 g/mol. The summed E-state index contributed by atoms with van der Waals surface area (Å²) in [5.74, 6) is 0.0119. The number of likely N-dealkylation sites (tertiary alicyclic amines) is 1. The SMILES string of the molecule is CCNC(=O)N1CCC2(CCn3nc(-c4cnc5[nH]cc(C(C)=O)c5c4)cc32)C1. The van der Waals surface area contributed by atoms with Crippen LogP contribution in [0, 0.1) is 0 Å². The zero-order chi connectivity index (χ0) is 20.2. The zero-order valence-corrected chi connectivity index (χ0v) is 16.7. The van der Waals surface area contributed by atoms with E-state index in [1.54, 1.807) is 19.3 Å². The molecule has 1 unspecified atom stereocenters. The lowest BCUT2D eigenvalue weighted by Gasteiger charge is -2.23. The third-order valence-electron chi connectivity index (χ3n) is 6.30. The smallest absolute Gasteiger partial charge is 0.317 e. The summed E-state index contributed by atoms with van der Waals surface area (Å²) in [6.07, 6.45) is 5.47. The number of Topliss-reactive ketones (excluding diaryl/α,β-unsaturated/α-hetero) is 1. The van der Waals surface area contributed by atoms with E-state index in [1.807, 2.05) is 17.9 Å². The van der Waals surface area contributed by atoms with E-state index in [9.17, 15) is 9.59 Å². The molecule has 3 aromatic heterocycles. The van der Waals surface area contributed by atoms with Crippen molar-refractivity contribution < 1.29 is 9.59 Å². The van der Waals surface area contributed by atoms with Crippen LogP contribution in [0.25, 0.3) is 22.3 Å². The van der Waals surface area contributed by atoms with Crippen LogP contribution in [0.5, 0.6) is 0 Å². The van der Waals surface area contributed by atoms with E-state index in [0.29, 0.717) is 17.8 Å². The van der Waals surface area contributed by atoms with E-state index in [4.69, 9.17) is 5.10 Å². The van der Waals surface area contributed by atoms with Gasteiger partial charge < -0.3 is 15.2 Å². The summed E-state index contributed by atoms with van der Waals surface area (Å²) < 4.78 is 2.07. The fourth-order valence-electron chi connectivity index (χ4n) is 4.76. The summed E-state index contributed by atoms with van der Waals surface area (Å²) in [5.41, 5.74) is 4.28. The molecule has 2 aliphatic rings. The van der Waals surface area contributed by atoms with E-state index < -0.39 is 0 Å². The van der Waals surface area contributed by atoms with Gasteiger partial charge in [0, 0.05) is 66.2 Å². The Balaban J connectivity index is 1.48. The molecule has 2 aliphatic heterocycles. The van der Waals surface area contributed by atoms with Crippen LogP contribution in [0.4, 0.5) is 4.79 Å². The maximum absolute atomic E-state index is 12.3. The topological polar surface area (TPSA) is 95.9 Å². The molecule has 8 nitrogen and oxygen atoms in total. The summed E-state index contributed by atoms with van der Waals surface area (Å²) >= 11 is 0. The number of H-pyrrole nitrogens is 1. The summed E-state index contributed by atoms with van der Waals surface area (Å²) in [6.45, 7) is 6.50. The molecule has 29 heavy (non-hydrogen) atoms. The van der Waals surface area contributed by atoms with Crippen LogP contribution < -0.4 is 5.32 Å². The maximum Gasteiger partial charge on any atom is 0.317 e. The standard InChI is InChI=1S/C21H24N6O2/c1-3-22-20(29)26-6-4-21(12-26)5-7-27-18(21)9-17(25-27)14-8-15-16(13(2)28)11-24-19(15)23-10-14/h8-11H,3-7,12H2,1-2H3,(H,22,29)(H,23,24). The van der Waals surface area contributed by atoms with Gasteiger partial charge in [-0.25, -0.2) is 9.78 Å². The molecule has 3 aromatic rings. The highest BCUT2D eigenvalue weighted by atomic mass is 16.2. The van der Waals surface area contributed by atoms with Crippen LogP contribution in [0.15, 0.2) is 24.5 Å². The van der Waals surface area contributed by atoms with Crippen molar-refractivity contribution in [2.75, 3.05) is 19.6 Å². The minimum Gasteiger partial charge on any atom is -0.345 e. The number of carbonyl (C=O) groups excluding carboxylic acids is 2. The minimum absolute atomic E-state index is 0.0119. The molecule has 0 aromatic carbocycles. The minimum atomic E-state index is -0.0213. The van der Waals surface area contributed by atoms with Crippen LogP contribution in [-0.4, -0.2) is 56.1 Å². The molecule has 1 saturated heterocycles. The number of amides is 2. The van der Waals surface area contributed by atoms with Gasteiger partial charge in [-0.3, -0.25) is 9.48 Å². The van der Waals surface area contributed by atoms with Crippen LogP contribution in [-0.2, 0) is 12.0 Å². The fourth-order valence-corrected chi connectivity index (χ4v) is 4.76. The number of hydrogen-bond donors (Lipinski definition) is 2. The van der Waals surface area contributed by atoms with Crippen molar-refractivity contribution in [3.63, 3.8) is 0 Å². The summed E-state index contributed by atoms with van der Waals surface area (Å²) in [5, 5.41) is 8.54. The molecule has 5 heterocycles. The van der Waals surface area contributed by atoms with Crippen molar-refractivity contribution in [3.05, 3.63) is 35.8 Å². The van der Waals surface area contributed by atoms with Gasteiger partial charge >= 0.3 is 6.03 Å². The van der Waals surface area contributed by atoms with Gasteiger partial charge in [0.25, 0.3) is 0 Å². The molecule has 1 spiro atoms. The fraction of sp³-hybridized carbons (Fsp3) is 0.429. The number of nitrogens with zero attached hydrogens (tertiary/aromatic N) is 4. The zero-order valence-electron chi connectivity index (χ0n) is 16.7. The molecule has 1 fully saturated rings. The highest BCUT2D eigenvalue weighted by Gasteiger charge is 2.46. The number of ketones is 1. The normalized spacial score (nSPS) is 20.6. The molecule has 150 valence electrons. The third kappa shape index (κ3) is 2.73. The van der Waals surface area contributed by atoms with Gasteiger partial charge in [-0.2, -0.15) is 5.10 Å². The number of aromatic amines is 1. The van der Waals surface area contributed by atoms with Gasteiger partial charge in [0.2, 0.25) is 0 Å². The number of rotatable bonds is 3. The van der Waals surface area contributed by atoms with Gasteiger partial charge in [0.1, 0.15) is 5.65 Å². The Bertz CT molecular complexity index is 1130. The van der Waals surface area contributed by atoms with Gasteiger partial charge in [0.05, 0.1) is 5.69 Å². The highest BCUT2D eigenvalue weighted by molar-refractivity contribution is 6.06. The Hall–Kier alpha value is -3.16. The molecule has 8 heteroatoms. The second-order valence-electron chi connectivity index (χ2n) is 8.05. The van der Waals surface area contributed by atoms with Crippen LogP contribution in [0.2, 0.25) is 0 Å². The molecule has 0 saturated carbocycles. The lowest BCUT2D eigenvalue weighted by molar-refractivity contribution is 0.101. The van der Waals surface area contributed by atoms with Gasteiger partial charge in [0.15, 0.2) is 5.78 Å². The first-order valence-corrected chi connectivity index (χ1v) is 10.1. The van der Waals surface area contributed by atoms with E-state index >= 15 is 0 Å². The van der Waals surface area contributed by atoms with Crippen LogP contribution in [0.1, 0.15) is 42.7 Å². The quantitative estimate of drug-likeness (QED) is 0.670. The van der Waals surface area contributed by atoms with E-state index in [2.05, 4.69) is 26.0 Å². The second-order valence-corrected chi connectivity index (χ2v) is 8.05. The first-order chi connectivity index (χ1) is 14.0. The average Bonchev–Trinajstić information content (AvgIpc) is 3.46. The van der Waals surface area contributed by atoms with Crippen LogP contribution >= 0.6 is 0 Å². The molecule has 0 bridgehead atoms. The molecule has 0 radical (unpaired) electrons. The third-order valence-corrected chi connectivity index (χ3v) is 6.30. The Labute approximate surface area is 168 Å². The Morgan fingerprint density at radius 1 is 1.28 bits per heavy atom. The van der Waals surface area contributed by atoms with Crippen molar-refractivity contribution in [2.24, 2.45) is 0 Å². The number of urea groups is 1. The van der Waals surface area contributed by atoms with Gasteiger partial charge in [-0.15, -0.1) is 0 Å². The van der Waals surface area contributed by atoms with Crippen molar-refractivity contribution in [1.82, 2.24) is 30.0 Å². The molecule has 5 rings (SSSR count).